The van der Waals surface area contributed by atoms with Gasteiger partial charge in [-0.3, -0.25) is 5.10 Å². The van der Waals surface area contributed by atoms with Crippen LogP contribution in [-0.2, 0) is 0 Å². The standard InChI is InChI=1S/C2H3N3S.K/c6-2-1-3-5-4-2;/h1H,(H2,3,4,5,6);. The van der Waals surface area contributed by atoms with Crippen molar-refractivity contribution >= 4 is 63.6 Å². The van der Waals surface area contributed by atoms with E-state index in [4.69, 9.17) is 0 Å². The van der Waals surface area contributed by atoms with Crippen LogP contribution in [0.15, 0.2) is 6.20 Å². The van der Waals surface area contributed by atoms with E-state index < -0.39 is 0 Å². The van der Waals surface area contributed by atoms with E-state index in [0.29, 0.717) is 4.64 Å². The molecule has 0 fully saturated rings. The maximum absolute atomic E-state index is 4.60. The first kappa shape index (κ1) is 8.00. The van der Waals surface area contributed by atoms with Gasteiger partial charge in [-0.05, 0) is 0 Å². The molecule has 33 valence electrons. The molecule has 0 aliphatic rings. The van der Waals surface area contributed by atoms with Crippen LogP contribution in [0.1, 0.15) is 0 Å². The Bertz CT molecular complexity index is 151. The van der Waals surface area contributed by atoms with Crippen LogP contribution in [0, 0.1) is 4.64 Å². The van der Waals surface area contributed by atoms with Gasteiger partial charge in [0.05, 0.1) is 6.20 Å². The molecule has 1 radical (unpaired) electrons. The summed E-state index contributed by atoms with van der Waals surface area (Å²) in [5.41, 5.74) is 0. The minimum Gasteiger partial charge on any atom is -0.273 e. The number of aromatic amines is 2. The summed E-state index contributed by atoms with van der Waals surface area (Å²) in [5, 5.41) is 8.57. The molecule has 0 bridgehead atoms. The molecule has 0 aromatic carbocycles. The van der Waals surface area contributed by atoms with Crippen LogP contribution in [-0.4, -0.2) is 66.8 Å². The van der Waals surface area contributed by atoms with Gasteiger partial charge in [0, 0.05) is 51.4 Å². The summed E-state index contributed by atoms with van der Waals surface area (Å²) in [6.07, 6.45) is 1.54. The van der Waals surface area contributed by atoms with Crippen LogP contribution in [0.5, 0.6) is 0 Å². The van der Waals surface area contributed by atoms with Crippen molar-refractivity contribution in [2.75, 3.05) is 0 Å². The quantitative estimate of drug-likeness (QED) is 0.396. The molecule has 0 saturated heterocycles. The predicted molar refractivity (Wildman–Crippen MR) is 29.5 cm³/mol. The molecular weight excluding hydrogens is 137 g/mol. The summed E-state index contributed by atoms with van der Waals surface area (Å²) in [5.74, 6) is 0. The van der Waals surface area contributed by atoms with Crippen molar-refractivity contribution in [3.05, 3.63) is 10.8 Å². The van der Waals surface area contributed by atoms with E-state index in [1.165, 1.54) is 6.20 Å². The second kappa shape index (κ2) is 3.93. The van der Waals surface area contributed by atoms with Crippen LogP contribution < -0.4 is 0 Å². The number of H-pyrrole nitrogens is 2. The van der Waals surface area contributed by atoms with Crippen molar-refractivity contribution in [3.8, 4) is 0 Å². The van der Waals surface area contributed by atoms with Crippen molar-refractivity contribution in [3.63, 3.8) is 0 Å². The average molecular weight is 140 g/mol. The molecule has 1 rings (SSSR count). The molecule has 0 amide bonds. The van der Waals surface area contributed by atoms with E-state index in [-0.39, 0.29) is 51.4 Å². The van der Waals surface area contributed by atoms with Crippen molar-refractivity contribution in [1.82, 2.24) is 15.4 Å². The smallest absolute Gasteiger partial charge is 0.139 e. The van der Waals surface area contributed by atoms with E-state index in [1.54, 1.807) is 0 Å². The second-order valence-electron chi connectivity index (χ2n) is 0.859. The van der Waals surface area contributed by atoms with E-state index in [1.807, 2.05) is 0 Å². The SMILES string of the molecule is S=c1cn[nH][nH]1.[K]. The Morgan fingerprint density at radius 1 is 1.71 bits per heavy atom. The van der Waals surface area contributed by atoms with Crippen molar-refractivity contribution < 1.29 is 0 Å². The van der Waals surface area contributed by atoms with Crippen LogP contribution in [0.4, 0.5) is 0 Å². The third-order valence-electron chi connectivity index (χ3n) is 0.425. The molecule has 0 aliphatic heterocycles. The number of nitrogens with one attached hydrogen (secondary N) is 2. The molecule has 0 saturated carbocycles. The maximum Gasteiger partial charge on any atom is 0.139 e. The van der Waals surface area contributed by atoms with Gasteiger partial charge in [0.15, 0.2) is 0 Å². The Morgan fingerprint density at radius 3 is 2.57 bits per heavy atom. The Morgan fingerprint density at radius 2 is 2.43 bits per heavy atom. The first-order valence-corrected chi connectivity index (χ1v) is 1.88. The summed E-state index contributed by atoms with van der Waals surface area (Å²) in [6, 6.07) is 0. The van der Waals surface area contributed by atoms with Gasteiger partial charge in [-0.2, -0.15) is 5.10 Å². The number of nitrogens with zero attached hydrogens (tertiary/aromatic N) is 1. The molecule has 2 N–H and O–H groups in total. The molecule has 3 nitrogen and oxygen atoms in total. The number of hydrogen-bond donors (Lipinski definition) is 2. The maximum atomic E-state index is 4.60. The molecule has 0 spiro atoms. The number of hydrogen-bond acceptors (Lipinski definition) is 2. The topological polar surface area (TPSA) is 44.5 Å². The monoisotopic (exact) mass is 140 g/mol. The van der Waals surface area contributed by atoms with E-state index >= 15 is 0 Å². The Balaban J connectivity index is 0.000000360. The fourth-order valence-electron chi connectivity index (χ4n) is 0.211. The van der Waals surface area contributed by atoms with E-state index in [2.05, 4.69) is 27.6 Å². The third-order valence-corrected chi connectivity index (χ3v) is 0.633. The molecular formula is C2H3KN3S. The molecule has 1 aromatic heterocycles. The fraction of sp³-hybridized carbons (Fsp3) is 0. The van der Waals surface area contributed by atoms with Crippen molar-refractivity contribution in [2.24, 2.45) is 0 Å². The Hall–Kier alpha value is 0.996. The van der Waals surface area contributed by atoms with Crippen molar-refractivity contribution in [1.29, 1.82) is 0 Å². The Kier molecular flexibility index (Phi) is 4.49. The normalized spacial score (nSPS) is 7.43. The summed E-state index contributed by atoms with van der Waals surface area (Å²) < 4.78 is 0.634. The first-order chi connectivity index (χ1) is 2.89. The van der Waals surface area contributed by atoms with Crippen molar-refractivity contribution in [2.45, 2.75) is 0 Å². The summed E-state index contributed by atoms with van der Waals surface area (Å²) in [6.45, 7) is 0. The fourth-order valence-corrected chi connectivity index (χ4v) is 0.309. The zero-order chi connectivity index (χ0) is 4.41. The molecule has 1 aromatic rings. The van der Waals surface area contributed by atoms with Crippen LogP contribution in [0.2, 0.25) is 0 Å². The molecule has 0 aliphatic carbocycles. The summed E-state index contributed by atoms with van der Waals surface area (Å²) >= 11 is 4.60. The van der Waals surface area contributed by atoms with Gasteiger partial charge in [0.2, 0.25) is 0 Å². The number of aromatic nitrogens is 3. The zero-order valence-corrected chi connectivity index (χ0v) is 7.87. The molecule has 1 heterocycles. The van der Waals surface area contributed by atoms with Gasteiger partial charge >= 0.3 is 0 Å². The molecule has 7 heavy (non-hydrogen) atoms. The number of rotatable bonds is 0. The van der Waals surface area contributed by atoms with Gasteiger partial charge in [-0.1, -0.05) is 12.2 Å². The van der Waals surface area contributed by atoms with Crippen LogP contribution in [0.3, 0.4) is 0 Å². The van der Waals surface area contributed by atoms with Crippen LogP contribution in [0.25, 0.3) is 0 Å². The van der Waals surface area contributed by atoms with Gasteiger partial charge < -0.3 is 0 Å². The second-order valence-corrected chi connectivity index (χ2v) is 1.30. The summed E-state index contributed by atoms with van der Waals surface area (Å²) in [7, 11) is 0. The first-order valence-electron chi connectivity index (χ1n) is 1.47. The zero-order valence-electron chi connectivity index (χ0n) is 3.93. The minimum atomic E-state index is 0. The largest absolute Gasteiger partial charge is 0.273 e. The van der Waals surface area contributed by atoms with Crippen LogP contribution >= 0.6 is 12.2 Å². The van der Waals surface area contributed by atoms with Gasteiger partial charge in [0.1, 0.15) is 4.64 Å². The average Bonchev–Trinajstić information content (AvgIpc) is 1.86. The molecule has 0 atom stereocenters. The van der Waals surface area contributed by atoms with Gasteiger partial charge in [0.25, 0.3) is 0 Å². The van der Waals surface area contributed by atoms with E-state index in [0.717, 1.165) is 0 Å². The third kappa shape index (κ3) is 2.73. The van der Waals surface area contributed by atoms with E-state index in [9.17, 15) is 0 Å². The Labute approximate surface area is 88.3 Å². The van der Waals surface area contributed by atoms with Gasteiger partial charge in [-0.15, -0.1) is 0 Å². The predicted octanol–water partition coefficient (Wildman–Crippen LogP) is 0.0865. The van der Waals surface area contributed by atoms with Gasteiger partial charge in [-0.25, -0.2) is 5.21 Å². The minimum absolute atomic E-state index is 0. The molecule has 0 unspecified atom stereocenters. The summed E-state index contributed by atoms with van der Waals surface area (Å²) in [4.78, 5) is 0. The molecule has 5 heteroatoms.